The van der Waals surface area contributed by atoms with Crippen molar-refractivity contribution in [2.24, 2.45) is 0 Å². The maximum absolute atomic E-state index is 11.8. The normalized spacial score (nSPS) is 11.7. The van der Waals surface area contributed by atoms with E-state index in [4.69, 9.17) is 0 Å². The van der Waals surface area contributed by atoms with Gasteiger partial charge in [-0.05, 0) is 37.8 Å². The van der Waals surface area contributed by atoms with Crippen LogP contribution in [0.1, 0.15) is 30.5 Å². The third-order valence-corrected chi connectivity index (χ3v) is 2.15. The van der Waals surface area contributed by atoms with E-state index in [0.29, 0.717) is 12.8 Å². The monoisotopic (exact) mass is 217 g/mol. The number of aromatic nitrogens is 1. The Morgan fingerprint density at radius 3 is 2.47 bits per heavy atom. The number of alkyl halides is 3. The van der Waals surface area contributed by atoms with Gasteiger partial charge in [0.15, 0.2) is 0 Å². The molecule has 0 N–H and O–H groups in total. The Kier molecular flexibility index (Phi) is 4.12. The highest BCUT2D eigenvalue weighted by molar-refractivity contribution is 5.12. The highest BCUT2D eigenvalue weighted by Gasteiger charge is 2.25. The van der Waals surface area contributed by atoms with Crippen molar-refractivity contribution in [2.75, 3.05) is 0 Å². The lowest BCUT2D eigenvalue weighted by Crippen LogP contribution is -2.06. The van der Waals surface area contributed by atoms with Gasteiger partial charge in [-0.25, -0.2) is 0 Å². The van der Waals surface area contributed by atoms with Crippen molar-refractivity contribution in [1.29, 1.82) is 0 Å². The molecule has 0 atom stereocenters. The lowest BCUT2D eigenvalue weighted by Gasteiger charge is -2.05. The summed E-state index contributed by atoms with van der Waals surface area (Å²) in [6, 6.07) is 3.79. The standard InChI is InChI=1S/C11H14F3N/c1-9-5-6-10(8-15-9)4-2-3-7-11(12,13)14/h5-6,8H,2-4,7H2,1H3. The Morgan fingerprint density at radius 2 is 1.93 bits per heavy atom. The van der Waals surface area contributed by atoms with Gasteiger partial charge < -0.3 is 0 Å². The highest BCUT2D eigenvalue weighted by Crippen LogP contribution is 2.22. The number of aryl methyl sites for hydroxylation is 2. The zero-order valence-electron chi connectivity index (χ0n) is 8.64. The van der Waals surface area contributed by atoms with Gasteiger partial charge >= 0.3 is 6.18 Å². The van der Waals surface area contributed by atoms with E-state index in [1.807, 2.05) is 19.1 Å². The minimum Gasteiger partial charge on any atom is -0.261 e. The first-order valence-corrected chi connectivity index (χ1v) is 4.96. The van der Waals surface area contributed by atoms with Gasteiger partial charge in [-0.3, -0.25) is 4.98 Å². The molecule has 0 aromatic carbocycles. The molecule has 0 unspecified atom stereocenters. The van der Waals surface area contributed by atoms with Gasteiger partial charge in [-0.2, -0.15) is 13.2 Å². The van der Waals surface area contributed by atoms with Crippen LogP contribution in [-0.4, -0.2) is 11.2 Å². The van der Waals surface area contributed by atoms with Crippen molar-refractivity contribution in [3.63, 3.8) is 0 Å². The summed E-state index contributed by atoms with van der Waals surface area (Å²) in [7, 11) is 0. The van der Waals surface area contributed by atoms with Gasteiger partial charge in [0.2, 0.25) is 0 Å². The first-order valence-electron chi connectivity index (χ1n) is 4.96. The Morgan fingerprint density at radius 1 is 1.20 bits per heavy atom. The molecule has 0 radical (unpaired) electrons. The lowest BCUT2D eigenvalue weighted by molar-refractivity contribution is -0.135. The number of nitrogens with zero attached hydrogens (tertiary/aromatic N) is 1. The van der Waals surface area contributed by atoms with Gasteiger partial charge in [-0.15, -0.1) is 0 Å². The molecule has 1 nitrogen and oxygen atoms in total. The van der Waals surface area contributed by atoms with Crippen LogP contribution in [0.3, 0.4) is 0 Å². The van der Waals surface area contributed by atoms with Gasteiger partial charge in [0.05, 0.1) is 0 Å². The number of unbranched alkanes of at least 4 members (excludes halogenated alkanes) is 1. The molecule has 0 aliphatic carbocycles. The topological polar surface area (TPSA) is 12.9 Å². The summed E-state index contributed by atoms with van der Waals surface area (Å²) in [5, 5.41) is 0. The molecule has 1 aromatic heterocycles. The van der Waals surface area contributed by atoms with Crippen molar-refractivity contribution >= 4 is 0 Å². The average molecular weight is 217 g/mol. The zero-order valence-corrected chi connectivity index (χ0v) is 8.64. The summed E-state index contributed by atoms with van der Waals surface area (Å²) < 4.78 is 35.5. The molecule has 0 bridgehead atoms. The molecule has 0 aliphatic rings. The molecule has 0 amide bonds. The summed E-state index contributed by atoms with van der Waals surface area (Å²) in [6.45, 7) is 1.88. The Bertz CT molecular complexity index is 290. The second kappa shape index (κ2) is 5.14. The summed E-state index contributed by atoms with van der Waals surface area (Å²) in [5.41, 5.74) is 1.93. The van der Waals surface area contributed by atoms with E-state index in [9.17, 15) is 13.2 Å². The number of halogens is 3. The molecule has 1 aromatic rings. The van der Waals surface area contributed by atoms with E-state index < -0.39 is 12.6 Å². The maximum atomic E-state index is 11.8. The van der Waals surface area contributed by atoms with Gasteiger partial charge in [0, 0.05) is 18.3 Å². The molecule has 4 heteroatoms. The molecule has 15 heavy (non-hydrogen) atoms. The molecule has 0 fully saturated rings. The molecule has 1 heterocycles. The Balaban J connectivity index is 2.23. The Labute approximate surface area is 87.3 Å². The van der Waals surface area contributed by atoms with Crippen LogP contribution < -0.4 is 0 Å². The number of hydrogen-bond donors (Lipinski definition) is 0. The second-order valence-electron chi connectivity index (χ2n) is 3.63. The van der Waals surface area contributed by atoms with E-state index in [-0.39, 0.29) is 6.42 Å². The zero-order chi connectivity index (χ0) is 11.3. The summed E-state index contributed by atoms with van der Waals surface area (Å²) in [4.78, 5) is 4.08. The highest BCUT2D eigenvalue weighted by atomic mass is 19.4. The number of hydrogen-bond acceptors (Lipinski definition) is 1. The fourth-order valence-electron chi connectivity index (χ4n) is 1.30. The predicted molar refractivity (Wildman–Crippen MR) is 52.6 cm³/mol. The largest absolute Gasteiger partial charge is 0.389 e. The lowest BCUT2D eigenvalue weighted by atomic mass is 10.1. The molecule has 0 saturated carbocycles. The Hall–Kier alpha value is -1.06. The van der Waals surface area contributed by atoms with E-state index in [1.165, 1.54) is 0 Å². The minimum atomic E-state index is -4.02. The summed E-state index contributed by atoms with van der Waals surface area (Å²) >= 11 is 0. The summed E-state index contributed by atoms with van der Waals surface area (Å²) in [5.74, 6) is 0. The molecule has 0 spiro atoms. The molecule has 0 aliphatic heterocycles. The molecule has 84 valence electrons. The number of rotatable bonds is 4. The average Bonchev–Trinajstić information content (AvgIpc) is 2.14. The fourth-order valence-corrected chi connectivity index (χ4v) is 1.30. The van der Waals surface area contributed by atoms with Crippen molar-refractivity contribution < 1.29 is 13.2 Å². The summed E-state index contributed by atoms with van der Waals surface area (Å²) in [6.07, 6.45) is -1.56. The van der Waals surface area contributed by atoms with Gasteiger partial charge in [0.1, 0.15) is 0 Å². The van der Waals surface area contributed by atoms with Crippen LogP contribution in [0.5, 0.6) is 0 Å². The van der Waals surface area contributed by atoms with Crippen LogP contribution in [0.25, 0.3) is 0 Å². The van der Waals surface area contributed by atoms with E-state index in [0.717, 1.165) is 11.3 Å². The van der Waals surface area contributed by atoms with Crippen LogP contribution in [0, 0.1) is 6.92 Å². The van der Waals surface area contributed by atoms with Crippen LogP contribution in [-0.2, 0) is 6.42 Å². The van der Waals surface area contributed by atoms with Crippen molar-refractivity contribution in [3.8, 4) is 0 Å². The van der Waals surface area contributed by atoms with E-state index in [1.54, 1.807) is 6.20 Å². The van der Waals surface area contributed by atoms with Crippen molar-refractivity contribution in [1.82, 2.24) is 4.98 Å². The van der Waals surface area contributed by atoms with Gasteiger partial charge in [0.25, 0.3) is 0 Å². The second-order valence-corrected chi connectivity index (χ2v) is 3.63. The van der Waals surface area contributed by atoms with Gasteiger partial charge in [-0.1, -0.05) is 6.07 Å². The molecular weight excluding hydrogens is 203 g/mol. The smallest absolute Gasteiger partial charge is 0.261 e. The quantitative estimate of drug-likeness (QED) is 0.701. The SMILES string of the molecule is Cc1ccc(CCCCC(F)(F)F)cn1. The van der Waals surface area contributed by atoms with Crippen LogP contribution in [0.15, 0.2) is 18.3 Å². The molecule has 0 saturated heterocycles. The molecule has 1 rings (SSSR count). The molecular formula is C11H14F3N. The number of pyridine rings is 1. The van der Waals surface area contributed by atoms with Crippen LogP contribution in [0.4, 0.5) is 13.2 Å². The van der Waals surface area contributed by atoms with E-state index >= 15 is 0 Å². The van der Waals surface area contributed by atoms with Crippen molar-refractivity contribution in [2.45, 2.75) is 38.8 Å². The van der Waals surface area contributed by atoms with Crippen LogP contribution in [0.2, 0.25) is 0 Å². The third kappa shape index (κ3) is 5.40. The first kappa shape index (κ1) is 12.0. The maximum Gasteiger partial charge on any atom is 0.389 e. The first-order chi connectivity index (χ1) is 6.97. The fraction of sp³-hybridized carbons (Fsp3) is 0.545. The van der Waals surface area contributed by atoms with Crippen LogP contribution >= 0.6 is 0 Å². The van der Waals surface area contributed by atoms with E-state index in [2.05, 4.69) is 4.98 Å². The predicted octanol–water partition coefficient (Wildman–Crippen LogP) is 3.67. The van der Waals surface area contributed by atoms with Crippen molar-refractivity contribution in [3.05, 3.63) is 29.6 Å². The minimum absolute atomic E-state index is 0.192. The third-order valence-electron chi connectivity index (χ3n) is 2.15.